The number of nitrogens with one attached hydrogen (secondary N) is 3. The minimum Gasteiger partial charge on any atom is -0.491 e. The Labute approximate surface area is 371 Å². The van der Waals surface area contributed by atoms with Gasteiger partial charge in [0.05, 0.1) is 42.2 Å². The van der Waals surface area contributed by atoms with Crippen molar-refractivity contribution < 1.29 is 34.1 Å². The molecule has 324 valence electrons. The number of esters is 1. The van der Waals surface area contributed by atoms with E-state index in [0.717, 1.165) is 47.8 Å². The number of nitrogens with zero attached hydrogens (tertiary/aromatic N) is 2. The minimum absolute atomic E-state index is 0.00323. The lowest BCUT2D eigenvalue weighted by molar-refractivity contribution is -0.178. The van der Waals surface area contributed by atoms with Crippen molar-refractivity contribution in [3.8, 4) is 17.6 Å². The Bertz CT molecular complexity index is 2720. The lowest BCUT2D eigenvalue weighted by Gasteiger charge is -2.46. The van der Waals surface area contributed by atoms with E-state index in [0.29, 0.717) is 46.8 Å². The molecule has 2 saturated heterocycles. The van der Waals surface area contributed by atoms with Crippen molar-refractivity contribution in [2.75, 3.05) is 18.5 Å². The normalized spacial score (nSPS) is 24.8. The number of carbonyl (C=O) groups is 3. The maximum Gasteiger partial charge on any atom is 0.324 e. The Morgan fingerprint density at radius 2 is 1.55 bits per heavy atom. The van der Waals surface area contributed by atoms with E-state index in [9.17, 15) is 10.2 Å². The molecule has 5 aromatic carbocycles. The van der Waals surface area contributed by atoms with Gasteiger partial charge in [0, 0.05) is 11.3 Å². The standard InChI is InChI=1S/C52H49N5O7/c58-29-30-63-37-22-20-36(21-23-37)47-52(38-31-33(19-24-39(38)56-50(52)61)25-28-51(62)26-11-1-2-12-27-51)43(48(59)53-32-42-54-40-17-9-10-18-41(40)55-42)45-49(60)64-46(35-15-7-4-8-16-35)44(57(45)47)34-13-5-3-6-14-34/h3-10,13-24,31,43-47,58,62H,1-2,11-12,26-27,29-30,32H2,(H,53,59)(H,54,55)(H,56,61)/t43-,44-,45-,46+,47+,52-/m1/s1. The molecule has 64 heavy (non-hydrogen) atoms. The van der Waals surface area contributed by atoms with Crippen LogP contribution in [0.25, 0.3) is 11.0 Å². The van der Waals surface area contributed by atoms with Gasteiger partial charge in [-0.3, -0.25) is 19.3 Å². The Morgan fingerprint density at radius 1 is 0.844 bits per heavy atom. The molecule has 10 rings (SSSR count). The van der Waals surface area contributed by atoms with E-state index in [1.54, 1.807) is 18.2 Å². The van der Waals surface area contributed by atoms with Crippen LogP contribution in [0.2, 0.25) is 0 Å². The summed E-state index contributed by atoms with van der Waals surface area (Å²) in [7, 11) is 0. The number of hydrogen-bond acceptors (Lipinski definition) is 9. The first-order chi connectivity index (χ1) is 31.3. The van der Waals surface area contributed by atoms with Gasteiger partial charge in [-0.2, -0.15) is 0 Å². The number of fused-ring (bicyclic) bond motifs is 4. The number of H-pyrrole nitrogens is 1. The summed E-state index contributed by atoms with van der Waals surface area (Å²) in [6, 6.07) is 36.7. The largest absolute Gasteiger partial charge is 0.491 e. The average Bonchev–Trinajstić information content (AvgIpc) is 3.92. The van der Waals surface area contributed by atoms with Crippen LogP contribution in [-0.2, 0) is 31.1 Å². The van der Waals surface area contributed by atoms with Crippen LogP contribution in [0.5, 0.6) is 5.75 Å². The number of imidazole rings is 1. The number of morpholine rings is 1. The second-order valence-corrected chi connectivity index (χ2v) is 17.2. The molecule has 12 nitrogen and oxygen atoms in total. The molecule has 3 aliphatic heterocycles. The predicted molar refractivity (Wildman–Crippen MR) is 240 cm³/mol. The van der Waals surface area contributed by atoms with Crippen LogP contribution in [0.15, 0.2) is 127 Å². The number of cyclic esters (lactones) is 1. The van der Waals surface area contributed by atoms with E-state index in [2.05, 4.69) is 27.5 Å². The van der Waals surface area contributed by atoms with Gasteiger partial charge in [-0.25, -0.2) is 4.98 Å². The number of ether oxygens (including phenoxy) is 2. The van der Waals surface area contributed by atoms with Gasteiger partial charge in [-0.05, 0) is 90.4 Å². The first-order valence-corrected chi connectivity index (χ1v) is 22.1. The van der Waals surface area contributed by atoms with Crippen LogP contribution in [0.1, 0.15) is 90.4 Å². The summed E-state index contributed by atoms with van der Waals surface area (Å²) < 4.78 is 12.4. The maximum atomic E-state index is 15.6. The van der Waals surface area contributed by atoms with Crippen molar-refractivity contribution >= 4 is 34.5 Å². The van der Waals surface area contributed by atoms with Crippen molar-refractivity contribution in [1.29, 1.82) is 0 Å². The zero-order valence-electron chi connectivity index (χ0n) is 35.2. The van der Waals surface area contributed by atoms with Gasteiger partial charge in [0.25, 0.3) is 0 Å². The number of benzene rings is 5. The molecule has 6 atom stereocenters. The number of carbonyl (C=O) groups excluding carboxylic acids is 3. The highest BCUT2D eigenvalue weighted by atomic mass is 16.6. The fraction of sp³-hybridized carbons (Fsp3) is 0.308. The fourth-order valence-corrected chi connectivity index (χ4v) is 10.6. The average molecular weight is 856 g/mol. The fourth-order valence-electron chi connectivity index (χ4n) is 10.6. The molecule has 1 aliphatic carbocycles. The van der Waals surface area contributed by atoms with Gasteiger partial charge in [-0.1, -0.05) is 110 Å². The smallest absolute Gasteiger partial charge is 0.324 e. The van der Waals surface area contributed by atoms with Crippen LogP contribution in [0, 0.1) is 17.8 Å². The van der Waals surface area contributed by atoms with Crippen molar-refractivity contribution in [3.05, 3.63) is 161 Å². The number of aliphatic hydroxyl groups is 2. The first-order valence-electron chi connectivity index (χ1n) is 22.1. The Morgan fingerprint density at radius 3 is 2.27 bits per heavy atom. The summed E-state index contributed by atoms with van der Waals surface area (Å²) >= 11 is 0. The SMILES string of the molecule is O=C1O[C@@H](c2ccccc2)[C@@H](c2ccccc2)N2[C@@H](c3ccc(OCCO)cc3)[C@]3(C(=O)Nc4ccc(C#CC5(O)CCCCCC5)cc43)[C@@H](C(=O)NCc3nc4ccccc4[nH]3)[C@H]12. The van der Waals surface area contributed by atoms with E-state index in [1.807, 2.05) is 114 Å². The predicted octanol–water partition coefficient (Wildman–Crippen LogP) is 6.96. The highest BCUT2D eigenvalue weighted by molar-refractivity contribution is 6.12. The number of para-hydroxylation sites is 2. The lowest BCUT2D eigenvalue weighted by Crippen LogP contribution is -2.54. The molecule has 12 heteroatoms. The van der Waals surface area contributed by atoms with Gasteiger partial charge >= 0.3 is 5.97 Å². The topological polar surface area (TPSA) is 166 Å². The van der Waals surface area contributed by atoms with Crippen LogP contribution in [0.4, 0.5) is 5.69 Å². The van der Waals surface area contributed by atoms with E-state index in [-0.39, 0.29) is 19.8 Å². The van der Waals surface area contributed by atoms with Gasteiger partial charge in [0.15, 0.2) is 0 Å². The van der Waals surface area contributed by atoms with Crippen LogP contribution >= 0.6 is 0 Å². The molecule has 0 bridgehead atoms. The molecular weight excluding hydrogens is 807 g/mol. The Kier molecular flexibility index (Phi) is 11.0. The molecule has 1 saturated carbocycles. The summed E-state index contributed by atoms with van der Waals surface area (Å²) in [4.78, 5) is 56.3. The third kappa shape index (κ3) is 7.29. The monoisotopic (exact) mass is 855 g/mol. The van der Waals surface area contributed by atoms with Gasteiger partial charge < -0.3 is 35.3 Å². The number of rotatable bonds is 9. The second-order valence-electron chi connectivity index (χ2n) is 17.2. The number of aliphatic hydroxyl groups excluding tert-OH is 1. The lowest BCUT2D eigenvalue weighted by atomic mass is 9.65. The Hall–Kier alpha value is -6.78. The molecule has 0 radical (unpaired) electrons. The number of aromatic amines is 1. The van der Waals surface area contributed by atoms with Crippen molar-refractivity contribution in [2.24, 2.45) is 5.92 Å². The minimum atomic E-state index is -1.74. The zero-order valence-corrected chi connectivity index (χ0v) is 35.2. The number of anilines is 1. The highest BCUT2D eigenvalue weighted by Crippen LogP contribution is 2.65. The summed E-state index contributed by atoms with van der Waals surface area (Å²) in [5.74, 6) is 4.51. The first kappa shape index (κ1) is 41.2. The molecule has 5 N–H and O–H groups in total. The molecular formula is C52H49N5O7. The van der Waals surface area contributed by atoms with Gasteiger partial charge in [-0.15, -0.1) is 0 Å². The highest BCUT2D eigenvalue weighted by Gasteiger charge is 2.74. The van der Waals surface area contributed by atoms with Crippen LogP contribution < -0.4 is 15.4 Å². The number of hydrogen-bond donors (Lipinski definition) is 5. The molecule has 0 unspecified atom stereocenters. The molecule has 4 heterocycles. The van der Waals surface area contributed by atoms with E-state index >= 15 is 14.4 Å². The number of aromatic nitrogens is 2. The molecule has 4 aliphatic rings. The summed E-state index contributed by atoms with van der Waals surface area (Å²) in [5, 5.41) is 27.4. The van der Waals surface area contributed by atoms with Crippen LogP contribution in [-0.4, -0.2) is 67.7 Å². The molecule has 1 spiro atoms. The molecule has 2 amide bonds. The van der Waals surface area contributed by atoms with Crippen molar-refractivity contribution in [3.63, 3.8) is 0 Å². The number of amides is 2. The van der Waals surface area contributed by atoms with Gasteiger partial charge in [0.1, 0.15) is 41.3 Å². The second kappa shape index (κ2) is 17.1. The van der Waals surface area contributed by atoms with Crippen molar-refractivity contribution in [1.82, 2.24) is 20.2 Å². The van der Waals surface area contributed by atoms with Crippen LogP contribution in [0.3, 0.4) is 0 Å². The molecule has 6 aromatic rings. The van der Waals surface area contributed by atoms with E-state index < -0.39 is 58.9 Å². The van der Waals surface area contributed by atoms with E-state index in [1.165, 1.54) is 0 Å². The quantitative estimate of drug-likeness (QED) is 0.0588. The molecule has 1 aromatic heterocycles. The third-order valence-electron chi connectivity index (χ3n) is 13.4. The Balaban J connectivity index is 1.19. The van der Waals surface area contributed by atoms with Gasteiger partial charge in [0.2, 0.25) is 11.8 Å². The van der Waals surface area contributed by atoms with E-state index in [4.69, 9.17) is 14.5 Å². The summed E-state index contributed by atoms with van der Waals surface area (Å²) in [6.07, 6.45) is 4.18. The summed E-state index contributed by atoms with van der Waals surface area (Å²) in [5.41, 5.74) is 2.48. The summed E-state index contributed by atoms with van der Waals surface area (Å²) in [6.45, 7) is -0.0877. The van der Waals surface area contributed by atoms with Crippen molar-refractivity contribution in [2.45, 2.75) is 80.3 Å². The molecule has 3 fully saturated rings. The zero-order chi connectivity index (χ0) is 43.8. The maximum absolute atomic E-state index is 15.6. The third-order valence-corrected chi connectivity index (χ3v) is 13.4.